The first-order valence-electron chi connectivity index (χ1n) is 9.33. The van der Waals surface area contributed by atoms with Gasteiger partial charge >= 0.3 is 6.03 Å². The standard InChI is InChI=1S/C19H26N6O2/c1-3-25-18(20-14-21-25)15(2)22-19(27)24-12-11-23(17(26)13-24)10-9-16-7-5-4-6-8-16/h4-8,14-15H,3,9-13H2,1-2H3,(H,22,27)/t15-/m0/s1. The van der Waals surface area contributed by atoms with Gasteiger partial charge in [-0.05, 0) is 25.8 Å². The molecule has 1 aliphatic heterocycles. The second-order valence-electron chi connectivity index (χ2n) is 6.64. The van der Waals surface area contributed by atoms with Gasteiger partial charge in [-0.1, -0.05) is 30.3 Å². The highest BCUT2D eigenvalue weighted by Gasteiger charge is 2.28. The van der Waals surface area contributed by atoms with Crippen molar-refractivity contribution in [2.45, 2.75) is 32.9 Å². The lowest BCUT2D eigenvalue weighted by Crippen LogP contribution is -2.55. The van der Waals surface area contributed by atoms with Crippen LogP contribution in [0, 0.1) is 0 Å². The molecular weight excluding hydrogens is 344 g/mol. The zero-order valence-corrected chi connectivity index (χ0v) is 15.8. The zero-order valence-electron chi connectivity index (χ0n) is 15.8. The average molecular weight is 370 g/mol. The first kappa shape index (κ1) is 18.9. The van der Waals surface area contributed by atoms with Crippen LogP contribution in [-0.2, 0) is 17.8 Å². The van der Waals surface area contributed by atoms with Crippen molar-refractivity contribution < 1.29 is 9.59 Å². The molecule has 0 radical (unpaired) electrons. The number of benzene rings is 1. The molecular formula is C19H26N6O2. The Morgan fingerprint density at radius 1 is 1.26 bits per heavy atom. The van der Waals surface area contributed by atoms with Crippen LogP contribution in [0.3, 0.4) is 0 Å². The van der Waals surface area contributed by atoms with Gasteiger partial charge in [-0.3, -0.25) is 4.79 Å². The van der Waals surface area contributed by atoms with Crippen molar-refractivity contribution in [3.8, 4) is 0 Å². The minimum absolute atomic E-state index is 0.0169. The predicted molar refractivity (Wildman–Crippen MR) is 101 cm³/mol. The van der Waals surface area contributed by atoms with Crippen LogP contribution in [0.5, 0.6) is 0 Å². The van der Waals surface area contributed by atoms with Crippen molar-refractivity contribution in [2.24, 2.45) is 0 Å². The fourth-order valence-electron chi connectivity index (χ4n) is 3.22. The van der Waals surface area contributed by atoms with Crippen LogP contribution in [0.1, 0.15) is 31.3 Å². The van der Waals surface area contributed by atoms with Crippen molar-refractivity contribution in [2.75, 3.05) is 26.2 Å². The summed E-state index contributed by atoms with van der Waals surface area (Å²) in [6, 6.07) is 9.58. The average Bonchev–Trinajstić information content (AvgIpc) is 3.16. The molecule has 27 heavy (non-hydrogen) atoms. The molecule has 0 saturated carbocycles. The lowest BCUT2D eigenvalue weighted by molar-refractivity contribution is -0.134. The number of carbonyl (C=O) groups is 2. The first-order chi connectivity index (χ1) is 13.1. The number of piperazine rings is 1. The molecule has 0 aliphatic carbocycles. The highest BCUT2D eigenvalue weighted by Crippen LogP contribution is 2.11. The Morgan fingerprint density at radius 3 is 2.74 bits per heavy atom. The molecule has 144 valence electrons. The number of carbonyl (C=O) groups excluding carboxylic acids is 2. The summed E-state index contributed by atoms with van der Waals surface area (Å²) in [5.41, 5.74) is 1.21. The Morgan fingerprint density at radius 2 is 2.04 bits per heavy atom. The minimum Gasteiger partial charge on any atom is -0.339 e. The Labute approximate surface area is 159 Å². The predicted octanol–water partition coefficient (Wildman–Crippen LogP) is 1.46. The minimum atomic E-state index is -0.272. The first-order valence-corrected chi connectivity index (χ1v) is 9.33. The molecule has 0 bridgehead atoms. The normalized spacial score (nSPS) is 15.7. The van der Waals surface area contributed by atoms with Crippen molar-refractivity contribution in [3.05, 3.63) is 48.0 Å². The third-order valence-electron chi connectivity index (χ3n) is 4.79. The van der Waals surface area contributed by atoms with Gasteiger partial charge in [-0.15, -0.1) is 0 Å². The topological polar surface area (TPSA) is 83.4 Å². The van der Waals surface area contributed by atoms with E-state index in [2.05, 4.69) is 27.5 Å². The molecule has 1 saturated heterocycles. The van der Waals surface area contributed by atoms with Gasteiger partial charge in [0.25, 0.3) is 0 Å². The number of aromatic nitrogens is 3. The molecule has 8 heteroatoms. The molecule has 8 nitrogen and oxygen atoms in total. The van der Waals surface area contributed by atoms with E-state index in [4.69, 9.17) is 0 Å². The number of aryl methyl sites for hydroxylation is 1. The molecule has 1 aromatic heterocycles. The fourth-order valence-corrected chi connectivity index (χ4v) is 3.22. The smallest absolute Gasteiger partial charge is 0.318 e. The summed E-state index contributed by atoms with van der Waals surface area (Å²) >= 11 is 0. The number of urea groups is 1. The second-order valence-corrected chi connectivity index (χ2v) is 6.64. The zero-order chi connectivity index (χ0) is 19.2. The van der Waals surface area contributed by atoms with Crippen LogP contribution >= 0.6 is 0 Å². The third-order valence-corrected chi connectivity index (χ3v) is 4.79. The third kappa shape index (κ3) is 4.64. The Balaban J connectivity index is 1.50. The molecule has 3 rings (SSSR count). The maximum Gasteiger partial charge on any atom is 0.318 e. The van der Waals surface area contributed by atoms with E-state index in [1.807, 2.05) is 36.9 Å². The molecule has 2 heterocycles. The summed E-state index contributed by atoms with van der Waals surface area (Å²) in [5.74, 6) is 0.690. The van der Waals surface area contributed by atoms with E-state index < -0.39 is 0 Å². The lowest BCUT2D eigenvalue weighted by Gasteiger charge is -2.34. The highest BCUT2D eigenvalue weighted by atomic mass is 16.2. The van der Waals surface area contributed by atoms with Crippen molar-refractivity contribution in [3.63, 3.8) is 0 Å². The van der Waals surface area contributed by atoms with Gasteiger partial charge in [0.05, 0.1) is 6.04 Å². The van der Waals surface area contributed by atoms with Crippen molar-refractivity contribution in [1.82, 2.24) is 29.9 Å². The van der Waals surface area contributed by atoms with E-state index in [9.17, 15) is 9.59 Å². The van der Waals surface area contributed by atoms with Gasteiger partial charge in [-0.25, -0.2) is 14.5 Å². The van der Waals surface area contributed by atoms with E-state index in [0.29, 0.717) is 32.0 Å². The van der Waals surface area contributed by atoms with Gasteiger partial charge in [-0.2, -0.15) is 5.10 Å². The Kier molecular flexibility index (Phi) is 6.05. The number of hydrogen-bond donors (Lipinski definition) is 1. The van der Waals surface area contributed by atoms with Gasteiger partial charge < -0.3 is 15.1 Å². The SMILES string of the molecule is CCn1ncnc1[C@H](C)NC(=O)N1CCN(CCc2ccccc2)C(=O)C1. The van der Waals surface area contributed by atoms with Crippen LogP contribution in [-0.4, -0.2) is 62.7 Å². The largest absolute Gasteiger partial charge is 0.339 e. The molecule has 0 spiro atoms. The number of nitrogens with zero attached hydrogens (tertiary/aromatic N) is 5. The molecule has 0 unspecified atom stereocenters. The molecule has 1 fully saturated rings. The summed E-state index contributed by atoms with van der Waals surface area (Å²) < 4.78 is 1.75. The number of nitrogens with one attached hydrogen (secondary N) is 1. The van der Waals surface area contributed by atoms with Crippen LogP contribution in [0.2, 0.25) is 0 Å². The summed E-state index contributed by atoms with van der Waals surface area (Å²) in [5, 5.41) is 7.04. The van der Waals surface area contributed by atoms with Crippen molar-refractivity contribution in [1.29, 1.82) is 0 Å². The number of hydrogen-bond acceptors (Lipinski definition) is 4. The van der Waals surface area contributed by atoms with Gasteiger partial charge in [0.15, 0.2) is 0 Å². The molecule has 1 atom stereocenters. The Bertz CT molecular complexity index is 776. The maximum absolute atomic E-state index is 12.5. The number of amides is 3. The molecule has 1 N–H and O–H groups in total. The van der Waals surface area contributed by atoms with Gasteiger partial charge in [0.1, 0.15) is 18.7 Å². The summed E-state index contributed by atoms with van der Waals surface area (Å²) in [7, 11) is 0. The molecule has 1 aliphatic rings. The van der Waals surface area contributed by atoms with E-state index in [1.165, 1.54) is 11.9 Å². The van der Waals surface area contributed by atoms with Gasteiger partial charge in [0, 0.05) is 26.2 Å². The van der Waals surface area contributed by atoms with Gasteiger partial charge in [0.2, 0.25) is 5.91 Å². The molecule has 3 amide bonds. The fraction of sp³-hybridized carbons (Fsp3) is 0.474. The van der Waals surface area contributed by atoms with Crippen LogP contribution in [0.15, 0.2) is 36.7 Å². The summed E-state index contributed by atoms with van der Waals surface area (Å²) in [6.45, 7) is 6.39. The molecule has 2 aromatic rings. The Hall–Kier alpha value is -2.90. The van der Waals surface area contributed by atoms with E-state index in [0.717, 1.165) is 6.42 Å². The summed E-state index contributed by atoms with van der Waals surface area (Å²) in [6.07, 6.45) is 2.30. The van der Waals surface area contributed by atoms with Crippen LogP contribution in [0.4, 0.5) is 4.79 Å². The lowest BCUT2D eigenvalue weighted by atomic mass is 10.1. The van der Waals surface area contributed by atoms with E-state index >= 15 is 0 Å². The van der Waals surface area contributed by atoms with Crippen molar-refractivity contribution >= 4 is 11.9 Å². The number of rotatable bonds is 6. The second kappa shape index (κ2) is 8.66. The van der Waals surface area contributed by atoms with E-state index in [1.54, 1.807) is 9.58 Å². The highest BCUT2D eigenvalue weighted by molar-refractivity contribution is 5.85. The van der Waals surface area contributed by atoms with Crippen LogP contribution in [0.25, 0.3) is 0 Å². The van der Waals surface area contributed by atoms with Crippen LogP contribution < -0.4 is 5.32 Å². The summed E-state index contributed by atoms with van der Waals surface area (Å²) in [4.78, 5) is 32.5. The monoisotopic (exact) mass is 370 g/mol. The molecule has 1 aromatic carbocycles. The quantitative estimate of drug-likeness (QED) is 0.834. The van der Waals surface area contributed by atoms with E-state index in [-0.39, 0.29) is 24.5 Å². The maximum atomic E-state index is 12.5.